The fourth-order valence-electron chi connectivity index (χ4n) is 1.57. The van der Waals surface area contributed by atoms with E-state index in [1.807, 2.05) is 13.8 Å². The first-order valence-corrected chi connectivity index (χ1v) is 6.45. The number of carbonyl (C=O) groups is 1. The van der Waals surface area contributed by atoms with Gasteiger partial charge in [-0.25, -0.2) is 0 Å². The lowest BCUT2D eigenvalue weighted by atomic mass is 10.2. The van der Waals surface area contributed by atoms with Crippen LogP contribution >= 0.6 is 0 Å². The van der Waals surface area contributed by atoms with Crippen LogP contribution in [0, 0.1) is 0 Å². The van der Waals surface area contributed by atoms with Crippen LogP contribution in [-0.2, 0) is 0 Å². The zero-order valence-electron chi connectivity index (χ0n) is 12.0. The molecule has 0 radical (unpaired) electrons. The lowest BCUT2D eigenvalue weighted by molar-refractivity contribution is 0.0767. The van der Waals surface area contributed by atoms with E-state index in [1.54, 1.807) is 31.1 Å². The molecule has 19 heavy (non-hydrogen) atoms. The maximum absolute atomic E-state index is 12.1. The van der Waals surface area contributed by atoms with Gasteiger partial charge in [0.15, 0.2) is 0 Å². The van der Waals surface area contributed by atoms with Crippen molar-refractivity contribution in [2.75, 3.05) is 13.6 Å². The number of carbonyl (C=O) groups excluding carboxylic acids is 1. The van der Waals surface area contributed by atoms with Crippen LogP contribution in [0.5, 0.6) is 5.75 Å². The molecule has 0 saturated carbocycles. The van der Waals surface area contributed by atoms with Gasteiger partial charge in [-0.3, -0.25) is 9.78 Å². The van der Waals surface area contributed by atoms with Crippen molar-refractivity contribution in [1.29, 1.82) is 0 Å². The predicted molar refractivity (Wildman–Crippen MR) is 73.3 cm³/mol. The number of ether oxygens (including phenoxy) is 1. The number of aromatic nitrogens is 1. The molecule has 0 fully saturated rings. The normalized spacial score (nSPS) is 12.3. The van der Waals surface area contributed by atoms with E-state index in [0.29, 0.717) is 24.3 Å². The molecular formula is C14H22N2O3. The monoisotopic (exact) mass is 266 g/mol. The van der Waals surface area contributed by atoms with Crippen LogP contribution < -0.4 is 4.74 Å². The Hall–Kier alpha value is -1.62. The van der Waals surface area contributed by atoms with E-state index in [1.165, 1.54) is 6.20 Å². The summed E-state index contributed by atoms with van der Waals surface area (Å²) in [4.78, 5) is 17.7. The number of rotatable bonds is 6. The maximum atomic E-state index is 12.1. The van der Waals surface area contributed by atoms with Crippen LogP contribution in [0.4, 0.5) is 0 Å². The molecule has 0 aliphatic rings. The first-order valence-electron chi connectivity index (χ1n) is 6.45. The molecule has 1 unspecified atom stereocenters. The molecule has 0 aliphatic heterocycles. The molecule has 1 atom stereocenters. The third kappa shape index (κ3) is 5.26. The summed E-state index contributed by atoms with van der Waals surface area (Å²) in [6, 6.07) is 1.69. The van der Waals surface area contributed by atoms with E-state index in [4.69, 9.17) is 4.74 Å². The molecule has 1 amide bonds. The highest BCUT2D eigenvalue weighted by atomic mass is 16.5. The van der Waals surface area contributed by atoms with Crippen molar-refractivity contribution in [3.8, 4) is 5.75 Å². The smallest absolute Gasteiger partial charge is 0.255 e. The Balaban J connectivity index is 2.70. The Labute approximate surface area is 114 Å². The topological polar surface area (TPSA) is 62.7 Å². The van der Waals surface area contributed by atoms with Crippen molar-refractivity contribution in [2.45, 2.75) is 39.4 Å². The number of nitrogens with zero attached hydrogens (tertiary/aromatic N) is 2. The van der Waals surface area contributed by atoms with Crippen molar-refractivity contribution in [3.05, 3.63) is 24.0 Å². The Morgan fingerprint density at radius 3 is 2.68 bits per heavy atom. The van der Waals surface area contributed by atoms with Gasteiger partial charge < -0.3 is 14.7 Å². The van der Waals surface area contributed by atoms with Crippen LogP contribution in [0.3, 0.4) is 0 Å². The van der Waals surface area contributed by atoms with Crippen LogP contribution in [0.15, 0.2) is 18.5 Å². The minimum Gasteiger partial charge on any atom is -0.489 e. The lowest BCUT2D eigenvalue weighted by Crippen LogP contribution is -2.29. The molecule has 0 aromatic carbocycles. The molecule has 0 bridgehead atoms. The second-order valence-corrected chi connectivity index (χ2v) is 4.94. The molecule has 5 nitrogen and oxygen atoms in total. The zero-order chi connectivity index (χ0) is 14.4. The maximum Gasteiger partial charge on any atom is 0.255 e. The van der Waals surface area contributed by atoms with Gasteiger partial charge in [-0.05, 0) is 33.3 Å². The van der Waals surface area contributed by atoms with Crippen molar-refractivity contribution >= 4 is 5.91 Å². The average molecular weight is 266 g/mol. The SMILES string of the molecule is CC(O)CCN(C)C(=O)c1cncc(OC(C)C)c1. The molecule has 106 valence electrons. The Morgan fingerprint density at radius 1 is 1.42 bits per heavy atom. The van der Waals surface area contributed by atoms with Gasteiger partial charge in [0.1, 0.15) is 5.75 Å². The van der Waals surface area contributed by atoms with Gasteiger partial charge in [0.25, 0.3) is 5.91 Å². The fraction of sp³-hybridized carbons (Fsp3) is 0.571. The molecule has 0 aliphatic carbocycles. The van der Waals surface area contributed by atoms with Crippen molar-refractivity contribution in [2.24, 2.45) is 0 Å². The fourth-order valence-corrected chi connectivity index (χ4v) is 1.57. The van der Waals surface area contributed by atoms with Gasteiger partial charge in [0.2, 0.25) is 0 Å². The summed E-state index contributed by atoms with van der Waals surface area (Å²) in [5, 5.41) is 9.23. The van der Waals surface area contributed by atoms with Gasteiger partial charge in [-0.15, -0.1) is 0 Å². The number of aliphatic hydroxyl groups excluding tert-OH is 1. The van der Waals surface area contributed by atoms with Gasteiger partial charge in [0, 0.05) is 19.8 Å². The first kappa shape index (κ1) is 15.4. The summed E-state index contributed by atoms with van der Waals surface area (Å²) in [7, 11) is 1.71. The van der Waals surface area contributed by atoms with Crippen molar-refractivity contribution < 1.29 is 14.6 Å². The highest BCUT2D eigenvalue weighted by molar-refractivity contribution is 5.94. The third-order valence-electron chi connectivity index (χ3n) is 2.56. The summed E-state index contributed by atoms with van der Waals surface area (Å²) in [6.07, 6.45) is 3.29. The lowest BCUT2D eigenvalue weighted by Gasteiger charge is -2.18. The summed E-state index contributed by atoms with van der Waals surface area (Å²) >= 11 is 0. The molecule has 0 saturated heterocycles. The van der Waals surface area contributed by atoms with E-state index in [0.717, 1.165) is 0 Å². The van der Waals surface area contributed by atoms with E-state index < -0.39 is 6.10 Å². The molecule has 1 aromatic heterocycles. The number of aliphatic hydroxyl groups is 1. The molecule has 1 N–H and O–H groups in total. The number of hydrogen-bond acceptors (Lipinski definition) is 4. The third-order valence-corrected chi connectivity index (χ3v) is 2.56. The zero-order valence-corrected chi connectivity index (χ0v) is 12.0. The van der Waals surface area contributed by atoms with Crippen molar-refractivity contribution in [3.63, 3.8) is 0 Å². The molecule has 1 rings (SSSR count). The Morgan fingerprint density at radius 2 is 2.11 bits per heavy atom. The van der Waals surface area contributed by atoms with E-state index in [9.17, 15) is 9.90 Å². The minimum atomic E-state index is -0.413. The highest BCUT2D eigenvalue weighted by Crippen LogP contribution is 2.14. The van der Waals surface area contributed by atoms with E-state index in [-0.39, 0.29) is 12.0 Å². The summed E-state index contributed by atoms with van der Waals surface area (Å²) in [5.41, 5.74) is 0.492. The molecular weight excluding hydrogens is 244 g/mol. The Bertz CT molecular complexity index is 419. The first-order chi connectivity index (χ1) is 8.90. The summed E-state index contributed by atoms with van der Waals surface area (Å²) in [6.45, 7) is 6.05. The highest BCUT2D eigenvalue weighted by Gasteiger charge is 2.13. The second kappa shape index (κ2) is 7.09. The van der Waals surface area contributed by atoms with E-state index in [2.05, 4.69) is 4.98 Å². The summed E-state index contributed by atoms with van der Waals surface area (Å²) in [5.74, 6) is 0.465. The largest absolute Gasteiger partial charge is 0.489 e. The van der Waals surface area contributed by atoms with Gasteiger partial charge in [0.05, 0.1) is 24.0 Å². The number of amides is 1. The van der Waals surface area contributed by atoms with Gasteiger partial charge in [-0.2, -0.15) is 0 Å². The van der Waals surface area contributed by atoms with Gasteiger partial charge in [-0.1, -0.05) is 0 Å². The Kier molecular flexibility index (Phi) is 5.76. The molecule has 5 heteroatoms. The quantitative estimate of drug-likeness (QED) is 0.851. The average Bonchev–Trinajstić information content (AvgIpc) is 2.34. The molecule has 1 aromatic rings. The number of pyridine rings is 1. The second-order valence-electron chi connectivity index (χ2n) is 4.94. The molecule has 0 spiro atoms. The van der Waals surface area contributed by atoms with Crippen molar-refractivity contribution in [1.82, 2.24) is 9.88 Å². The number of hydrogen-bond donors (Lipinski definition) is 1. The van der Waals surface area contributed by atoms with Crippen LogP contribution in [0.2, 0.25) is 0 Å². The summed E-state index contributed by atoms with van der Waals surface area (Å²) < 4.78 is 5.51. The minimum absolute atomic E-state index is 0.0418. The van der Waals surface area contributed by atoms with Gasteiger partial charge >= 0.3 is 0 Å². The molecule has 1 heterocycles. The van der Waals surface area contributed by atoms with Crippen LogP contribution in [0.25, 0.3) is 0 Å². The van der Waals surface area contributed by atoms with E-state index >= 15 is 0 Å². The van der Waals surface area contributed by atoms with Crippen LogP contribution in [0.1, 0.15) is 37.6 Å². The standard InChI is InChI=1S/C14H22N2O3/c1-10(2)19-13-7-12(8-15-9-13)14(18)16(4)6-5-11(3)17/h7-11,17H,5-6H2,1-4H3. The van der Waals surface area contributed by atoms with Crippen LogP contribution in [-0.4, -0.2) is 46.7 Å². The predicted octanol–water partition coefficient (Wildman–Crippen LogP) is 1.71.